The summed E-state index contributed by atoms with van der Waals surface area (Å²) in [5.74, 6) is 1.36. The van der Waals surface area contributed by atoms with Crippen LogP contribution >= 0.6 is 0 Å². The van der Waals surface area contributed by atoms with Gasteiger partial charge in [0.25, 0.3) is 0 Å². The lowest BCUT2D eigenvalue weighted by Gasteiger charge is -2.37. The molecule has 0 saturated carbocycles. The standard InChI is InChI=1S/C27H29FN2O4/c1-32-23-9-6-10-24(33-2)26(23)34-22-15-17-30(18-16-22)25(19-7-4-3-5-8-19)27(31)29-21-13-11-20(28)12-14-21/h3-14,22,25H,15-18H2,1-2H3,(H,29,31). The molecule has 1 aliphatic rings. The van der Waals surface area contributed by atoms with E-state index in [1.807, 2.05) is 48.5 Å². The summed E-state index contributed by atoms with van der Waals surface area (Å²) in [5, 5.41) is 2.93. The molecule has 3 aromatic rings. The van der Waals surface area contributed by atoms with Crippen LogP contribution in [-0.4, -0.2) is 44.2 Å². The summed E-state index contributed by atoms with van der Waals surface area (Å²) < 4.78 is 30.5. The number of halogens is 1. The zero-order chi connectivity index (χ0) is 23.9. The quantitative estimate of drug-likeness (QED) is 0.505. The Morgan fingerprint density at radius 2 is 1.53 bits per heavy atom. The third-order valence-corrected chi connectivity index (χ3v) is 5.98. The lowest BCUT2D eigenvalue weighted by molar-refractivity contribution is -0.122. The van der Waals surface area contributed by atoms with E-state index in [9.17, 15) is 9.18 Å². The van der Waals surface area contributed by atoms with Crippen molar-refractivity contribution in [2.24, 2.45) is 0 Å². The van der Waals surface area contributed by atoms with Crippen molar-refractivity contribution in [3.8, 4) is 17.2 Å². The zero-order valence-corrected chi connectivity index (χ0v) is 19.4. The van der Waals surface area contributed by atoms with Crippen LogP contribution in [0.5, 0.6) is 17.2 Å². The minimum atomic E-state index is -0.465. The van der Waals surface area contributed by atoms with E-state index in [0.29, 0.717) is 36.0 Å². The van der Waals surface area contributed by atoms with E-state index in [2.05, 4.69) is 10.2 Å². The minimum absolute atomic E-state index is 0.0296. The van der Waals surface area contributed by atoms with Crippen LogP contribution in [0, 0.1) is 5.82 Å². The highest BCUT2D eigenvalue weighted by Crippen LogP contribution is 2.39. The maximum atomic E-state index is 13.3. The van der Waals surface area contributed by atoms with E-state index in [-0.39, 0.29) is 17.8 Å². The number of rotatable bonds is 8. The van der Waals surface area contributed by atoms with E-state index in [0.717, 1.165) is 18.4 Å². The number of likely N-dealkylation sites (tertiary alicyclic amines) is 1. The first kappa shape index (κ1) is 23.6. The molecule has 4 rings (SSSR count). The van der Waals surface area contributed by atoms with E-state index >= 15 is 0 Å². The lowest BCUT2D eigenvalue weighted by Crippen LogP contribution is -2.44. The highest BCUT2D eigenvalue weighted by atomic mass is 19.1. The van der Waals surface area contributed by atoms with Crippen LogP contribution in [-0.2, 0) is 4.79 Å². The maximum absolute atomic E-state index is 13.3. The number of ether oxygens (including phenoxy) is 3. The van der Waals surface area contributed by atoms with Gasteiger partial charge in [-0.25, -0.2) is 4.39 Å². The number of carbonyl (C=O) groups is 1. The molecule has 1 saturated heterocycles. The van der Waals surface area contributed by atoms with Gasteiger partial charge in [-0.1, -0.05) is 36.4 Å². The first-order valence-corrected chi connectivity index (χ1v) is 11.3. The van der Waals surface area contributed by atoms with E-state index in [1.54, 1.807) is 26.4 Å². The maximum Gasteiger partial charge on any atom is 0.246 e. The minimum Gasteiger partial charge on any atom is -0.493 e. The number of para-hydroxylation sites is 1. The molecule has 34 heavy (non-hydrogen) atoms. The molecule has 0 bridgehead atoms. The van der Waals surface area contributed by atoms with Crippen molar-refractivity contribution in [3.63, 3.8) is 0 Å². The number of hydrogen-bond acceptors (Lipinski definition) is 5. The summed E-state index contributed by atoms with van der Waals surface area (Å²) in [6, 6.07) is 20.6. The second-order valence-electron chi connectivity index (χ2n) is 8.15. The summed E-state index contributed by atoms with van der Waals surface area (Å²) in [7, 11) is 3.21. The number of nitrogens with zero attached hydrogens (tertiary/aromatic N) is 1. The highest BCUT2D eigenvalue weighted by molar-refractivity contribution is 5.95. The van der Waals surface area contributed by atoms with Gasteiger partial charge in [0, 0.05) is 18.8 Å². The highest BCUT2D eigenvalue weighted by Gasteiger charge is 2.32. The second-order valence-corrected chi connectivity index (χ2v) is 8.15. The predicted molar refractivity (Wildman–Crippen MR) is 129 cm³/mol. The van der Waals surface area contributed by atoms with Crippen molar-refractivity contribution in [2.75, 3.05) is 32.6 Å². The first-order valence-electron chi connectivity index (χ1n) is 11.3. The number of nitrogens with one attached hydrogen (secondary N) is 1. The molecule has 1 heterocycles. The van der Waals surface area contributed by atoms with Crippen LogP contribution in [0.2, 0.25) is 0 Å². The molecule has 7 heteroatoms. The number of amides is 1. The van der Waals surface area contributed by atoms with Crippen LogP contribution in [0.3, 0.4) is 0 Å². The molecule has 178 valence electrons. The Balaban J connectivity index is 1.47. The third-order valence-electron chi connectivity index (χ3n) is 5.98. The zero-order valence-electron chi connectivity index (χ0n) is 19.4. The van der Waals surface area contributed by atoms with Crippen LogP contribution in [0.1, 0.15) is 24.4 Å². The van der Waals surface area contributed by atoms with Gasteiger partial charge in [0.15, 0.2) is 11.5 Å². The molecule has 1 atom stereocenters. The third kappa shape index (κ3) is 5.48. The van der Waals surface area contributed by atoms with Crippen molar-refractivity contribution in [1.82, 2.24) is 4.90 Å². The molecule has 0 aromatic heterocycles. The molecule has 6 nitrogen and oxygen atoms in total. The molecular formula is C27H29FN2O4. The van der Waals surface area contributed by atoms with Crippen LogP contribution in [0.4, 0.5) is 10.1 Å². The normalized spacial score (nSPS) is 15.4. The van der Waals surface area contributed by atoms with Gasteiger partial charge in [-0.05, 0) is 54.8 Å². The molecule has 1 aliphatic heterocycles. The Morgan fingerprint density at radius 3 is 2.12 bits per heavy atom. The van der Waals surface area contributed by atoms with Crippen LogP contribution in [0.25, 0.3) is 0 Å². The van der Waals surface area contributed by atoms with E-state index in [1.165, 1.54) is 12.1 Å². The number of anilines is 1. The molecular weight excluding hydrogens is 435 g/mol. The fourth-order valence-corrected chi connectivity index (χ4v) is 4.26. The SMILES string of the molecule is COc1cccc(OC)c1OC1CCN(C(C(=O)Nc2ccc(F)cc2)c2ccccc2)CC1. The fourth-order valence-electron chi connectivity index (χ4n) is 4.26. The van der Waals surface area contributed by atoms with Gasteiger partial charge in [0.1, 0.15) is 18.0 Å². The van der Waals surface area contributed by atoms with Crippen LogP contribution in [0.15, 0.2) is 72.8 Å². The molecule has 1 N–H and O–H groups in total. The number of hydrogen-bond donors (Lipinski definition) is 1. The first-order chi connectivity index (χ1) is 16.6. The summed E-state index contributed by atoms with van der Waals surface area (Å²) in [6.07, 6.45) is 1.46. The topological polar surface area (TPSA) is 60.0 Å². The summed E-state index contributed by atoms with van der Waals surface area (Å²) in [6.45, 7) is 1.36. The Kier molecular flexibility index (Phi) is 7.65. The lowest BCUT2D eigenvalue weighted by atomic mass is 9.99. The van der Waals surface area contributed by atoms with E-state index in [4.69, 9.17) is 14.2 Å². The summed E-state index contributed by atoms with van der Waals surface area (Å²) >= 11 is 0. The van der Waals surface area contributed by atoms with Gasteiger partial charge in [-0.15, -0.1) is 0 Å². The van der Waals surface area contributed by atoms with Gasteiger partial charge in [0.2, 0.25) is 11.7 Å². The number of methoxy groups -OCH3 is 2. The van der Waals surface area contributed by atoms with Gasteiger partial charge in [-0.3, -0.25) is 9.69 Å². The van der Waals surface area contributed by atoms with Crippen molar-refractivity contribution in [3.05, 3.63) is 84.2 Å². The van der Waals surface area contributed by atoms with Crippen molar-refractivity contribution in [1.29, 1.82) is 0 Å². The van der Waals surface area contributed by atoms with Crippen molar-refractivity contribution in [2.45, 2.75) is 25.0 Å². The fraction of sp³-hybridized carbons (Fsp3) is 0.296. The van der Waals surface area contributed by atoms with Crippen LogP contribution < -0.4 is 19.5 Å². The molecule has 0 spiro atoms. The number of piperidine rings is 1. The van der Waals surface area contributed by atoms with Crippen molar-refractivity contribution >= 4 is 11.6 Å². The van der Waals surface area contributed by atoms with Gasteiger partial charge >= 0.3 is 0 Å². The number of carbonyl (C=O) groups excluding carboxylic acids is 1. The Hall–Kier alpha value is -3.58. The molecule has 1 fully saturated rings. The van der Waals surface area contributed by atoms with Crippen molar-refractivity contribution < 1.29 is 23.4 Å². The predicted octanol–water partition coefficient (Wildman–Crippen LogP) is 5.07. The van der Waals surface area contributed by atoms with Gasteiger partial charge < -0.3 is 19.5 Å². The Bertz CT molecular complexity index is 1060. The molecule has 1 amide bonds. The monoisotopic (exact) mass is 464 g/mol. The van der Waals surface area contributed by atoms with Gasteiger partial charge in [0.05, 0.1) is 14.2 Å². The molecule has 1 unspecified atom stereocenters. The van der Waals surface area contributed by atoms with E-state index < -0.39 is 6.04 Å². The Morgan fingerprint density at radius 1 is 0.912 bits per heavy atom. The number of benzene rings is 3. The largest absolute Gasteiger partial charge is 0.493 e. The summed E-state index contributed by atoms with van der Waals surface area (Å²) in [4.78, 5) is 15.5. The second kappa shape index (κ2) is 11.0. The van der Waals surface area contributed by atoms with Gasteiger partial charge in [-0.2, -0.15) is 0 Å². The average molecular weight is 465 g/mol. The molecule has 0 radical (unpaired) electrons. The summed E-state index contributed by atoms with van der Waals surface area (Å²) in [5.41, 5.74) is 1.47. The smallest absolute Gasteiger partial charge is 0.246 e. The molecule has 0 aliphatic carbocycles. The Labute approximate surface area is 199 Å². The average Bonchev–Trinajstić information content (AvgIpc) is 2.87. The molecule has 3 aromatic carbocycles.